The van der Waals surface area contributed by atoms with Crippen LogP contribution in [-0.4, -0.2) is 71.8 Å². The molecular weight excluding hydrogens is 370 g/mol. The molecule has 0 spiro atoms. The normalized spacial score (nSPS) is 31.2. The summed E-state index contributed by atoms with van der Waals surface area (Å²) in [5.74, 6) is -0.744. The van der Waals surface area contributed by atoms with Gasteiger partial charge in [0.15, 0.2) is 0 Å². The van der Waals surface area contributed by atoms with E-state index in [1.807, 2.05) is 12.1 Å². The van der Waals surface area contributed by atoms with Crippen LogP contribution in [0.4, 0.5) is 0 Å². The number of carbonyl (C=O) groups excluding carboxylic acids is 3. The molecule has 3 fully saturated rings. The molecule has 4 aliphatic heterocycles. The number of hydrogen-bond acceptors (Lipinski definition) is 6. The van der Waals surface area contributed by atoms with Gasteiger partial charge in [-0.05, 0) is 30.0 Å². The molecule has 1 aromatic rings. The predicted octanol–water partition coefficient (Wildman–Crippen LogP) is -0.417. The molecule has 4 aliphatic rings. The Kier molecular flexibility index (Phi) is 4.85. The van der Waals surface area contributed by atoms with Crippen LogP contribution in [0.5, 0.6) is 0 Å². The van der Waals surface area contributed by atoms with Gasteiger partial charge in [-0.15, -0.1) is 0 Å². The van der Waals surface area contributed by atoms with Gasteiger partial charge in [0.25, 0.3) is 5.91 Å². The maximum atomic E-state index is 12.9. The zero-order chi connectivity index (χ0) is 20.0. The van der Waals surface area contributed by atoms with Crippen LogP contribution in [0.25, 0.3) is 0 Å². The fourth-order valence-corrected chi connectivity index (χ4v) is 5.01. The first-order valence-corrected chi connectivity index (χ1v) is 10.5. The molecule has 4 atom stereocenters. The van der Waals surface area contributed by atoms with Gasteiger partial charge in [-0.25, -0.2) is 0 Å². The Labute approximate surface area is 170 Å². The molecule has 3 amide bonds. The Morgan fingerprint density at radius 1 is 1.17 bits per heavy atom. The molecule has 4 heterocycles. The van der Waals surface area contributed by atoms with Gasteiger partial charge in [0, 0.05) is 63.3 Å². The van der Waals surface area contributed by atoms with Gasteiger partial charge >= 0.3 is 0 Å². The number of rotatable bonds is 5. The highest BCUT2D eigenvalue weighted by Gasteiger charge is 2.39. The molecule has 3 N–H and O–H groups in total. The van der Waals surface area contributed by atoms with Crippen molar-refractivity contribution in [2.75, 3.05) is 26.2 Å². The van der Waals surface area contributed by atoms with Gasteiger partial charge in [-0.2, -0.15) is 0 Å². The minimum absolute atomic E-state index is 0.115. The van der Waals surface area contributed by atoms with Crippen LogP contribution in [0.2, 0.25) is 0 Å². The molecule has 0 aromatic heterocycles. The van der Waals surface area contributed by atoms with E-state index in [-0.39, 0.29) is 24.1 Å². The first-order valence-electron chi connectivity index (χ1n) is 10.5. The summed E-state index contributed by atoms with van der Waals surface area (Å²) in [4.78, 5) is 40.6. The van der Waals surface area contributed by atoms with Crippen molar-refractivity contribution in [2.45, 2.75) is 50.5 Å². The number of nitrogens with zero attached hydrogens (tertiary/aromatic N) is 2. The summed E-state index contributed by atoms with van der Waals surface area (Å²) < 4.78 is 0. The maximum absolute atomic E-state index is 12.9. The number of piperazine rings is 1. The average molecular weight is 397 g/mol. The molecule has 1 aromatic carbocycles. The summed E-state index contributed by atoms with van der Waals surface area (Å²) >= 11 is 0. The third kappa shape index (κ3) is 3.56. The van der Waals surface area contributed by atoms with E-state index in [0.29, 0.717) is 37.2 Å². The standard InChI is InChI=1S/C21H27N5O3/c27-19-4-3-18(20(28)24-19)26-11-14-2-1-13(7-17(14)21(26)29)8-22-9-16-10-23-15-5-6-25(16)12-15/h1-2,7,15-16,18,22-23H,3-6,8-12H2,(H,24,27,28). The average Bonchev–Trinajstić information content (AvgIpc) is 3.25. The number of carbonyl (C=O) groups is 3. The van der Waals surface area contributed by atoms with Gasteiger partial charge in [-0.3, -0.25) is 24.6 Å². The number of imide groups is 1. The second-order valence-corrected chi connectivity index (χ2v) is 8.56. The van der Waals surface area contributed by atoms with E-state index in [4.69, 9.17) is 0 Å². The fourth-order valence-electron chi connectivity index (χ4n) is 5.01. The highest BCUT2D eigenvalue weighted by molar-refractivity contribution is 6.05. The minimum atomic E-state index is -0.558. The molecule has 0 saturated carbocycles. The summed E-state index contributed by atoms with van der Waals surface area (Å²) in [6.45, 7) is 5.42. The molecule has 8 heteroatoms. The van der Waals surface area contributed by atoms with Crippen LogP contribution < -0.4 is 16.0 Å². The lowest BCUT2D eigenvalue weighted by Gasteiger charge is -2.33. The molecule has 154 valence electrons. The van der Waals surface area contributed by atoms with Crippen LogP contribution in [0.15, 0.2) is 18.2 Å². The molecule has 0 radical (unpaired) electrons. The predicted molar refractivity (Wildman–Crippen MR) is 106 cm³/mol. The lowest BCUT2D eigenvalue weighted by atomic mass is 10.0. The second kappa shape index (κ2) is 7.51. The van der Waals surface area contributed by atoms with Crippen LogP contribution in [-0.2, 0) is 22.7 Å². The topological polar surface area (TPSA) is 93.8 Å². The van der Waals surface area contributed by atoms with Gasteiger partial charge in [0.2, 0.25) is 11.8 Å². The summed E-state index contributed by atoms with van der Waals surface area (Å²) in [5, 5.41) is 9.49. The van der Waals surface area contributed by atoms with Crippen molar-refractivity contribution in [1.82, 2.24) is 25.8 Å². The molecular formula is C21H27N5O3. The SMILES string of the molecule is O=C1CCC(N2Cc3ccc(CNCC4CNC5CCN4C5)cc3C2=O)C(=O)N1. The quantitative estimate of drug-likeness (QED) is 0.585. The summed E-state index contributed by atoms with van der Waals surface area (Å²) in [6.07, 6.45) is 1.91. The molecule has 0 aliphatic carbocycles. The maximum Gasteiger partial charge on any atom is 0.255 e. The van der Waals surface area contributed by atoms with E-state index >= 15 is 0 Å². The van der Waals surface area contributed by atoms with E-state index < -0.39 is 6.04 Å². The first-order chi connectivity index (χ1) is 14.1. The van der Waals surface area contributed by atoms with E-state index in [2.05, 4.69) is 26.9 Å². The Balaban J connectivity index is 1.20. The van der Waals surface area contributed by atoms with Gasteiger partial charge in [-0.1, -0.05) is 12.1 Å². The number of hydrogen-bond donors (Lipinski definition) is 3. The number of piperidine rings is 1. The van der Waals surface area contributed by atoms with Gasteiger partial charge < -0.3 is 15.5 Å². The van der Waals surface area contributed by atoms with Gasteiger partial charge in [0.1, 0.15) is 6.04 Å². The first kappa shape index (κ1) is 18.7. The van der Waals surface area contributed by atoms with E-state index in [1.165, 1.54) is 13.0 Å². The Hall–Kier alpha value is -2.29. The third-order valence-corrected chi connectivity index (χ3v) is 6.68. The Morgan fingerprint density at radius 3 is 2.93 bits per heavy atom. The minimum Gasteiger partial charge on any atom is -0.322 e. The Morgan fingerprint density at radius 2 is 2.07 bits per heavy atom. The molecule has 8 nitrogen and oxygen atoms in total. The van der Waals surface area contributed by atoms with Crippen molar-refractivity contribution in [3.63, 3.8) is 0 Å². The molecule has 3 saturated heterocycles. The van der Waals surface area contributed by atoms with Crippen LogP contribution in [0.3, 0.4) is 0 Å². The van der Waals surface area contributed by atoms with Crippen molar-refractivity contribution in [3.05, 3.63) is 34.9 Å². The molecule has 29 heavy (non-hydrogen) atoms. The lowest BCUT2D eigenvalue weighted by molar-refractivity contribution is -0.136. The number of benzene rings is 1. The molecule has 2 bridgehead atoms. The molecule has 4 unspecified atom stereocenters. The Bertz CT molecular complexity index is 857. The van der Waals surface area contributed by atoms with E-state index in [9.17, 15) is 14.4 Å². The summed E-state index contributed by atoms with van der Waals surface area (Å²) in [5.41, 5.74) is 2.70. The van der Waals surface area contributed by atoms with Crippen molar-refractivity contribution in [1.29, 1.82) is 0 Å². The van der Waals surface area contributed by atoms with Crippen molar-refractivity contribution >= 4 is 17.7 Å². The number of fused-ring (bicyclic) bond motifs is 3. The lowest BCUT2D eigenvalue weighted by Crippen LogP contribution is -2.53. The third-order valence-electron chi connectivity index (χ3n) is 6.68. The number of amides is 3. The van der Waals surface area contributed by atoms with Crippen LogP contribution >= 0.6 is 0 Å². The van der Waals surface area contributed by atoms with Crippen molar-refractivity contribution in [2.24, 2.45) is 0 Å². The van der Waals surface area contributed by atoms with Crippen LogP contribution in [0.1, 0.15) is 40.7 Å². The summed E-state index contributed by atoms with van der Waals surface area (Å²) in [6, 6.07) is 6.62. The van der Waals surface area contributed by atoms with E-state index in [1.54, 1.807) is 4.90 Å². The van der Waals surface area contributed by atoms with Crippen LogP contribution in [0, 0.1) is 0 Å². The smallest absolute Gasteiger partial charge is 0.255 e. The van der Waals surface area contributed by atoms with E-state index in [0.717, 1.165) is 30.8 Å². The summed E-state index contributed by atoms with van der Waals surface area (Å²) in [7, 11) is 0. The van der Waals surface area contributed by atoms with Crippen molar-refractivity contribution < 1.29 is 14.4 Å². The van der Waals surface area contributed by atoms with Gasteiger partial charge in [0.05, 0.1) is 0 Å². The highest BCUT2D eigenvalue weighted by atomic mass is 16.2. The largest absolute Gasteiger partial charge is 0.322 e. The zero-order valence-corrected chi connectivity index (χ0v) is 16.4. The zero-order valence-electron chi connectivity index (χ0n) is 16.4. The second-order valence-electron chi connectivity index (χ2n) is 8.56. The number of nitrogens with one attached hydrogen (secondary N) is 3. The fraction of sp³-hybridized carbons (Fsp3) is 0.571. The molecule has 5 rings (SSSR count). The van der Waals surface area contributed by atoms with Crippen molar-refractivity contribution in [3.8, 4) is 0 Å². The highest BCUT2D eigenvalue weighted by Crippen LogP contribution is 2.28. The monoisotopic (exact) mass is 397 g/mol.